The Morgan fingerprint density at radius 3 is 2.45 bits per heavy atom. The lowest BCUT2D eigenvalue weighted by molar-refractivity contribution is 0.466. The lowest BCUT2D eigenvalue weighted by Gasteiger charge is -2.16. The van der Waals surface area contributed by atoms with Gasteiger partial charge in [0.15, 0.2) is 0 Å². The molecule has 0 aliphatic heterocycles. The van der Waals surface area contributed by atoms with E-state index >= 15 is 0 Å². The zero-order valence-corrected chi connectivity index (χ0v) is 13.3. The average molecular weight is 311 g/mol. The molecule has 0 unspecified atom stereocenters. The lowest BCUT2D eigenvalue weighted by atomic mass is 10.2. The van der Waals surface area contributed by atoms with E-state index < -0.39 is 10.0 Å². The lowest BCUT2D eigenvalue weighted by Crippen LogP contribution is -2.26. The van der Waals surface area contributed by atoms with Gasteiger partial charge in [-0.15, -0.1) is 11.8 Å². The zero-order valence-electron chi connectivity index (χ0n) is 11.6. The fraction of sp³-hybridized carbons (Fsp3) is 0.308. The SMILES string of the molecule is CSc1ccc(CN(C)S(=O)(=O)c2cn[nH]c2C)cc1. The standard InChI is InChI=1S/C13H17N3O2S2/c1-10-13(8-14-15-10)20(17,18)16(2)9-11-4-6-12(19-3)7-5-11/h4-8H,9H2,1-3H3,(H,14,15). The second kappa shape index (κ2) is 5.99. The number of nitrogens with one attached hydrogen (secondary N) is 1. The molecular weight excluding hydrogens is 294 g/mol. The van der Waals surface area contributed by atoms with Crippen molar-refractivity contribution >= 4 is 21.8 Å². The summed E-state index contributed by atoms with van der Waals surface area (Å²) >= 11 is 1.66. The van der Waals surface area contributed by atoms with Crippen LogP contribution < -0.4 is 0 Å². The van der Waals surface area contributed by atoms with Gasteiger partial charge in [0.05, 0.1) is 11.9 Å². The summed E-state index contributed by atoms with van der Waals surface area (Å²) < 4.78 is 26.1. The summed E-state index contributed by atoms with van der Waals surface area (Å²) in [6, 6.07) is 7.87. The number of benzene rings is 1. The second-order valence-electron chi connectivity index (χ2n) is 4.47. The molecule has 5 nitrogen and oxygen atoms in total. The van der Waals surface area contributed by atoms with Gasteiger partial charge in [0, 0.05) is 18.5 Å². The molecule has 0 spiro atoms. The van der Waals surface area contributed by atoms with Crippen LogP contribution in [0.3, 0.4) is 0 Å². The van der Waals surface area contributed by atoms with Gasteiger partial charge in [-0.1, -0.05) is 12.1 Å². The minimum absolute atomic E-state index is 0.223. The molecule has 1 aromatic heterocycles. The van der Waals surface area contributed by atoms with E-state index in [1.165, 1.54) is 10.5 Å². The molecule has 0 aliphatic rings. The molecule has 0 radical (unpaired) electrons. The van der Waals surface area contributed by atoms with Crippen LogP contribution in [-0.2, 0) is 16.6 Å². The molecule has 1 aromatic carbocycles. The van der Waals surface area contributed by atoms with Gasteiger partial charge in [-0.25, -0.2) is 8.42 Å². The first-order valence-corrected chi connectivity index (χ1v) is 8.71. The van der Waals surface area contributed by atoms with E-state index in [0.29, 0.717) is 12.2 Å². The number of aromatic amines is 1. The molecule has 108 valence electrons. The van der Waals surface area contributed by atoms with Crippen LogP contribution in [0.15, 0.2) is 40.3 Å². The van der Waals surface area contributed by atoms with Gasteiger partial charge in [-0.2, -0.15) is 9.40 Å². The highest BCUT2D eigenvalue weighted by Crippen LogP contribution is 2.20. The maximum absolute atomic E-state index is 12.4. The Morgan fingerprint density at radius 1 is 1.30 bits per heavy atom. The van der Waals surface area contributed by atoms with Gasteiger partial charge in [-0.3, -0.25) is 5.10 Å². The van der Waals surface area contributed by atoms with Gasteiger partial charge in [0.2, 0.25) is 10.0 Å². The number of aryl methyl sites for hydroxylation is 1. The Hall–Kier alpha value is -1.31. The highest BCUT2D eigenvalue weighted by molar-refractivity contribution is 7.98. The van der Waals surface area contributed by atoms with Gasteiger partial charge in [0.25, 0.3) is 0 Å². The zero-order chi connectivity index (χ0) is 14.8. The van der Waals surface area contributed by atoms with Crippen molar-refractivity contribution in [1.82, 2.24) is 14.5 Å². The van der Waals surface area contributed by atoms with Crippen molar-refractivity contribution in [2.45, 2.75) is 23.3 Å². The van der Waals surface area contributed by atoms with Crippen LogP contribution in [-0.4, -0.2) is 36.2 Å². The highest BCUT2D eigenvalue weighted by atomic mass is 32.2. The number of hydrogen-bond acceptors (Lipinski definition) is 4. The predicted molar refractivity (Wildman–Crippen MR) is 80.2 cm³/mol. The van der Waals surface area contributed by atoms with E-state index in [2.05, 4.69) is 10.2 Å². The molecular formula is C13H17N3O2S2. The van der Waals surface area contributed by atoms with Crippen molar-refractivity contribution < 1.29 is 8.42 Å². The fourth-order valence-corrected chi connectivity index (χ4v) is 3.52. The van der Waals surface area contributed by atoms with E-state index in [9.17, 15) is 8.42 Å². The number of rotatable bonds is 5. The monoisotopic (exact) mass is 311 g/mol. The predicted octanol–water partition coefficient (Wildman–Crippen LogP) is 2.26. The van der Waals surface area contributed by atoms with E-state index in [0.717, 1.165) is 10.5 Å². The molecule has 0 saturated heterocycles. The third-order valence-corrected chi connectivity index (χ3v) is 5.70. The maximum Gasteiger partial charge on any atom is 0.246 e. The molecule has 1 N–H and O–H groups in total. The first kappa shape index (κ1) is 15.1. The van der Waals surface area contributed by atoms with E-state index in [-0.39, 0.29) is 4.90 Å². The fourth-order valence-electron chi connectivity index (χ4n) is 1.84. The summed E-state index contributed by atoms with van der Waals surface area (Å²) in [4.78, 5) is 1.38. The summed E-state index contributed by atoms with van der Waals surface area (Å²) in [5.74, 6) is 0. The number of hydrogen-bond donors (Lipinski definition) is 1. The highest BCUT2D eigenvalue weighted by Gasteiger charge is 2.24. The molecule has 0 fully saturated rings. The van der Waals surface area contributed by atoms with Crippen LogP contribution in [0.5, 0.6) is 0 Å². The third-order valence-electron chi connectivity index (χ3n) is 3.04. The van der Waals surface area contributed by atoms with Crippen LogP contribution in [0, 0.1) is 6.92 Å². The average Bonchev–Trinajstić information content (AvgIpc) is 2.86. The van der Waals surface area contributed by atoms with E-state index in [4.69, 9.17) is 0 Å². The topological polar surface area (TPSA) is 66.1 Å². The molecule has 7 heteroatoms. The Bertz CT molecular complexity index is 678. The molecule has 0 bridgehead atoms. The maximum atomic E-state index is 12.4. The molecule has 20 heavy (non-hydrogen) atoms. The van der Waals surface area contributed by atoms with Crippen LogP contribution in [0.4, 0.5) is 0 Å². The van der Waals surface area contributed by atoms with E-state index in [1.54, 1.807) is 25.7 Å². The number of nitrogens with zero attached hydrogens (tertiary/aromatic N) is 2. The molecule has 0 saturated carbocycles. The molecule has 2 aromatic rings. The molecule has 1 heterocycles. The van der Waals surface area contributed by atoms with Crippen molar-refractivity contribution in [1.29, 1.82) is 0 Å². The summed E-state index contributed by atoms with van der Waals surface area (Å²) in [5, 5.41) is 6.42. The van der Waals surface area contributed by atoms with Crippen molar-refractivity contribution in [2.24, 2.45) is 0 Å². The Balaban J connectivity index is 2.19. The molecule has 0 amide bonds. The van der Waals surface area contributed by atoms with Crippen LogP contribution in [0.25, 0.3) is 0 Å². The largest absolute Gasteiger partial charge is 0.281 e. The van der Waals surface area contributed by atoms with Crippen LogP contribution >= 0.6 is 11.8 Å². The Morgan fingerprint density at radius 2 is 1.95 bits per heavy atom. The number of aromatic nitrogens is 2. The van der Waals surface area contributed by atoms with Crippen molar-refractivity contribution in [3.8, 4) is 0 Å². The van der Waals surface area contributed by atoms with Crippen LogP contribution in [0.2, 0.25) is 0 Å². The summed E-state index contributed by atoms with van der Waals surface area (Å²) in [6.07, 6.45) is 3.35. The normalized spacial score (nSPS) is 12.0. The van der Waals surface area contributed by atoms with Gasteiger partial charge < -0.3 is 0 Å². The summed E-state index contributed by atoms with van der Waals surface area (Å²) in [6.45, 7) is 2.03. The second-order valence-corrected chi connectivity index (χ2v) is 7.36. The van der Waals surface area contributed by atoms with Crippen LogP contribution in [0.1, 0.15) is 11.3 Å². The summed E-state index contributed by atoms with van der Waals surface area (Å²) in [7, 11) is -1.93. The number of thioether (sulfide) groups is 1. The van der Waals surface area contributed by atoms with Crippen molar-refractivity contribution in [2.75, 3.05) is 13.3 Å². The first-order valence-electron chi connectivity index (χ1n) is 6.04. The first-order chi connectivity index (χ1) is 9.45. The Labute approximate surface area is 123 Å². The summed E-state index contributed by atoms with van der Waals surface area (Å²) in [5.41, 5.74) is 1.50. The van der Waals surface area contributed by atoms with E-state index in [1.807, 2.05) is 30.5 Å². The van der Waals surface area contributed by atoms with Crippen molar-refractivity contribution in [3.63, 3.8) is 0 Å². The molecule has 2 rings (SSSR count). The quantitative estimate of drug-likeness (QED) is 0.860. The molecule has 0 aliphatic carbocycles. The van der Waals surface area contributed by atoms with Crippen molar-refractivity contribution in [3.05, 3.63) is 41.7 Å². The van der Waals surface area contributed by atoms with Gasteiger partial charge in [-0.05, 0) is 30.9 Å². The minimum atomic E-state index is -3.51. The third kappa shape index (κ3) is 3.05. The minimum Gasteiger partial charge on any atom is -0.281 e. The number of sulfonamides is 1. The van der Waals surface area contributed by atoms with Gasteiger partial charge >= 0.3 is 0 Å². The smallest absolute Gasteiger partial charge is 0.246 e. The van der Waals surface area contributed by atoms with Gasteiger partial charge in [0.1, 0.15) is 4.90 Å². The number of H-pyrrole nitrogens is 1. The Kier molecular flexibility index (Phi) is 4.52. The molecule has 0 atom stereocenters.